The largest absolute Gasteiger partial charge is 0.508 e. The minimum Gasteiger partial charge on any atom is -0.508 e. The Morgan fingerprint density at radius 3 is 2.65 bits per heavy atom. The van der Waals surface area contributed by atoms with E-state index < -0.39 is 24.3 Å². The molecule has 0 aromatic heterocycles. The van der Waals surface area contributed by atoms with Crippen LogP contribution >= 0.6 is 15.9 Å². The zero-order valence-electron chi connectivity index (χ0n) is 18.6. The van der Waals surface area contributed by atoms with Gasteiger partial charge in [0.15, 0.2) is 6.10 Å². The molecular weight excluding hydrogens is 502 g/mol. The van der Waals surface area contributed by atoms with Gasteiger partial charge >= 0.3 is 12.1 Å². The van der Waals surface area contributed by atoms with Crippen LogP contribution in [0.2, 0.25) is 0 Å². The SMILES string of the molecule is CCO[C@H](CC/C=C/C(=O)O)[C@H](OC(=O)Nc1cccc2ccccc12)c1cc(Br)ccc1O. The summed E-state index contributed by atoms with van der Waals surface area (Å²) in [7, 11) is 0. The van der Waals surface area contributed by atoms with E-state index >= 15 is 0 Å². The van der Waals surface area contributed by atoms with Gasteiger partial charge in [0.2, 0.25) is 0 Å². The molecular formula is C26H26BrNO6. The van der Waals surface area contributed by atoms with Crippen LogP contribution in [-0.4, -0.2) is 35.0 Å². The molecule has 1 amide bonds. The van der Waals surface area contributed by atoms with E-state index in [1.807, 2.05) is 43.3 Å². The number of carbonyl (C=O) groups is 2. The molecule has 0 fully saturated rings. The predicted molar refractivity (Wildman–Crippen MR) is 134 cm³/mol. The fourth-order valence-electron chi connectivity index (χ4n) is 3.66. The molecule has 0 bridgehead atoms. The summed E-state index contributed by atoms with van der Waals surface area (Å²) in [6, 6.07) is 18.1. The third-order valence-corrected chi connectivity index (χ3v) is 5.65. The number of anilines is 1. The van der Waals surface area contributed by atoms with Gasteiger partial charge in [0.25, 0.3) is 0 Å². The van der Waals surface area contributed by atoms with Gasteiger partial charge in [-0.05, 0) is 49.4 Å². The highest BCUT2D eigenvalue weighted by Crippen LogP contribution is 2.35. The Balaban J connectivity index is 1.88. The highest BCUT2D eigenvalue weighted by molar-refractivity contribution is 9.10. The van der Waals surface area contributed by atoms with Crippen LogP contribution in [0.15, 0.2) is 77.3 Å². The van der Waals surface area contributed by atoms with Gasteiger partial charge in [0.05, 0.1) is 11.8 Å². The van der Waals surface area contributed by atoms with Crippen molar-refractivity contribution in [2.45, 2.75) is 32.0 Å². The van der Waals surface area contributed by atoms with Gasteiger partial charge < -0.3 is 19.7 Å². The Kier molecular flexibility index (Phi) is 9.07. The molecule has 3 aromatic carbocycles. The van der Waals surface area contributed by atoms with Crippen molar-refractivity contribution >= 4 is 44.5 Å². The monoisotopic (exact) mass is 527 g/mol. The first-order valence-corrected chi connectivity index (χ1v) is 11.6. The molecule has 0 radical (unpaired) electrons. The van der Waals surface area contributed by atoms with Crippen LogP contribution in [0, 0.1) is 0 Å². The smallest absolute Gasteiger partial charge is 0.412 e. The normalized spacial score (nSPS) is 13.0. The van der Waals surface area contributed by atoms with Gasteiger partial charge in [-0.1, -0.05) is 58.4 Å². The number of phenolic OH excluding ortho intramolecular Hbond substituents is 1. The highest BCUT2D eigenvalue weighted by atomic mass is 79.9. The van der Waals surface area contributed by atoms with Crippen LogP contribution in [0.5, 0.6) is 5.75 Å². The van der Waals surface area contributed by atoms with E-state index in [4.69, 9.17) is 14.6 Å². The van der Waals surface area contributed by atoms with E-state index in [-0.39, 0.29) is 5.75 Å². The van der Waals surface area contributed by atoms with Gasteiger partial charge in [-0.2, -0.15) is 0 Å². The lowest BCUT2D eigenvalue weighted by Gasteiger charge is -2.28. The third-order valence-electron chi connectivity index (χ3n) is 5.15. The van der Waals surface area contributed by atoms with E-state index in [1.165, 1.54) is 12.1 Å². The lowest BCUT2D eigenvalue weighted by Crippen LogP contribution is -2.29. The molecule has 0 aliphatic carbocycles. The number of amides is 1. The number of carboxylic acids is 1. The minimum absolute atomic E-state index is 0.0445. The Bertz CT molecular complexity index is 1170. The summed E-state index contributed by atoms with van der Waals surface area (Å²) in [6.45, 7) is 2.15. The number of hydrogen-bond acceptors (Lipinski definition) is 5. The first kappa shape index (κ1) is 25.3. The van der Waals surface area contributed by atoms with Crippen LogP contribution in [0.25, 0.3) is 10.8 Å². The van der Waals surface area contributed by atoms with Crippen LogP contribution in [-0.2, 0) is 14.3 Å². The molecule has 0 spiro atoms. The molecule has 3 rings (SSSR count). The number of carbonyl (C=O) groups excluding carboxylic acids is 1. The second-order valence-corrected chi connectivity index (χ2v) is 8.41. The number of hydrogen-bond donors (Lipinski definition) is 3. The number of allylic oxidation sites excluding steroid dienone is 1. The summed E-state index contributed by atoms with van der Waals surface area (Å²) in [5.41, 5.74) is 0.973. The van der Waals surface area contributed by atoms with E-state index in [0.29, 0.717) is 35.2 Å². The van der Waals surface area contributed by atoms with Gasteiger partial charge in [-0.15, -0.1) is 0 Å². The van der Waals surface area contributed by atoms with Crippen LogP contribution in [0.1, 0.15) is 31.4 Å². The molecule has 8 heteroatoms. The molecule has 3 N–H and O–H groups in total. The first-order chi connectivity index (χ1) is 16.4. The van der Waals surface area contributed by atoms with Crippen molar-refractivity contribution in [2.75, 3.05) is 11.9 Å². The molecule has 2 atom stereocenters. The van der Waals surface area contributed by atoms with Crippen molar-refractivity contribution in [2.24, 2.45) is 0 Å². The molecule has 0 aliphatic rings. The number of nitrogens with one attached hydrogen (secondary N) is 1. The summed E-state index contributed by atoms with van der Waals surface area (Å²) >= 11 is 3.40. The van der Waals surface area contributed by atoms with Crippen LogP contribution in [0.4, 0.5) is 10.5 Å². The molecule has 0 saturated carbocycles. The average molecular weight is 528 g/mol. The van der Waals surface area contributed by atoms with Crippen LogP contribution in [0.3, 0.4) is 0 Å². The number of rotatable bonds is 10. The van der Waals surface area contributed by atoms with E-state index in [9.17, 15) is 14.7 Å². The molecule has 178 valence electrons. The van der Waals surface area contributed by atoms with E-state index in [1.54, 1.807) is 18.2 Å². The maximum Gasteiger partial charge on any atom is 0.412 e. The highest BCUT2D eigenvalue weighted by Gasteiger charge is 2.30. The number of fused-ring (bicyclic) bond motifs is 1. The summed E-state index contributed by atoms with van der Waals surface area (Å²) in [6.07, 6.45) is 1.07. The number of phenols is 1. The lowest BCUT2D eigenvalue weighted by atomic mass is 9.99. The summed E-state index contributed by atoms with van der Waals surface area (Å²) in [5.74, 6) is -1.09. The summed E-state index contributed by atoms with van der Waals surface area (Å²) in [4.78, 5) is 23.8. The van der Waals surface area contributed by atoms with E-state index in [0.717, 1.165) is 16.8 Å². The summed E-state index contributed by atoms with van der Waals surface area (Å²) < 4.78 is 12.4. The second kappa shape index (κ2) is 12.2. The molecule has 0 heterocycles. The fraction of sp³-hybridized carbons (Fsp3) is 0.231. The summed E-state index contributed by atoms with van der Waals surface area (Å²) in [5, 5.41) is 24.0. The topological polar surface area (TPSA) is 105 Å². The van der Waals surface area contributed by atoms with Gasteiger partial charge in [-0.3, -0.25) is 5.32 Å². The predicted octanol–water partition coefficient (Wildman–Crippen LogP) is 6.42. The number of aliphatic carboxylic acids is 1. The molecule has 0 aliphatic heterocycles. The average Bonchev–Trinajstić information content (AvgIpc) is 2.81. The molecule has 3 aromatic rings. The number of benzene rings is 3. The maximum atomic E-state index is 13.0. The van der Waals surface area contributed by atoms with Crippen molar-refractivity contribution in [1.29, 1.82) is 0 Å². The van der Waals surface area contributed by atoms with Crippen molar-refractivity contribution in [3.05, 3.63) is 82.9 Å². The fourth-order valence-corrected chi connectivity index (χ4v) is 4.04. The molecule has 0 saturated heterocycles. The van der Waals surface area contributed by atoms with Crippen molar-refractivity contribution in [3.8, 4) is 5.75 Å². The lowest BCUT2D eigenvalue weighted by molar-refractivity contribution is -0.131. The zero-order chi connectivity index (χ0) is 24.5. The minimum atomic E-state index is -1.04. The van der Waals surface area contributed by atoms with Gasteiger partial charge in [-0.25, -0.2) is 9.59 Å². The standard InChI is InChI=1S/C26H26BrNO6/c1-2-33-23(12-5-6-13-24(30)31)25(20-16-18(27)14-15-22(20)29)34-26(32)28-21-11-7-9-17-8-3-4-10-19(17)21/h3-4,6-11,13-16,23,25,29H,2,5,12H2,1H3,(H,28,32)(H,30,31)/b13-6+/t23-,25-/m1/s1. The second-order valence-electron chi connectivity index (χ2n) is 7.49. The first-order valence-electron chi connectivity index (χ1n) is 10.8. The third kappa shape index (κ3) is 6.82. The van der Waals surface area contributed by atoms with Crippen molar-refractivity contribution in [3.63, 3.8) is 0 Å². The quantitative estimate of drug-likeness (QED) is 0.262. The Morgan fingerprint density at radius 1 is 1.12 bits per heavy atom. The maximum absolute atomic E-state index is 13.0. The Labute approximate surface area is 206 Å². The van der Waals surface area contributed by atoms with Gasteiger partial charge in [0.1, 0.15) is 5.75 Å². The van der Waals surface area contributed by atoms with Gasteiger partial charge in [0, 0.05) is 28.1 Å². The van der Waals surface area contributed by atoms with Crippen LogP contribution < -0.4 is 5.32 Å². The number of ether oxygens (including phenoxy) is 2. The number of halogens is 1. The number of carboxylic acid groups (broad SMARTS) is 1. The Morgan fingerprint density at radius 2 is 1.88 bits per heavy atom. The van der Waals surface area contributed by atoms with Crippen molar-refractivity contribution in [1.82, 2.24) is 0 Å². The molecule has 7 nitrogen and oxygen atoms in total. The molecule has 0 unspecified atom stereocenters. The number of aromatic hydroxyl groups is 1. The Hall–Kier alpha value is -3.36. The van der Waals surface area contributed by atoms with Crippen molar-refractivity contribution < 1.29 is 29.3 Å². The van der Waals surface area contributed by atoms with E-state index in [2.05, 4.69) is 21.2 Å². The zero-order valence-corrected chi connectivity index (χ0v) is 20.2. The molecule has 34 heavy (non-hydrogen) atoms.